The van der Waals surface area contributed by atoms with E-state index in [2.05, 4.69) is 15.4 Å². The number of carbonyl (C=O) groups is 1. The number of fused-ring (bicyclic) bond motifs is 1. The van der Waals surface area contributed by atoms with Crippen LogP contribution < -0.4 is 10.1 Å². The molecule has 0 atom stereocenters. The van der Waals surface area contributed by atoms with Gasteiger partial charge in [-0.2, -0.15) is 5.10 Å². The van der Waals surface area contributed by atoms with E-state index in [1.165, 1.54) is 0 Å². The van der Waals surface area contributed by atoms with Crippen LogP contribution in [0.5, 0.6) is 5.75 Å². The highest BCUT2D eigenvalue weighted by Crippen LogP contribution is 2.30. The molecule has 0 radical (unpaired) electrons. The van der Waals surface area contributed by atoms with Crippen molar-refractivity contribution < 1.29 is 9.53 Å². The van der Waals surface area contributed by atoms with Crippen LogP contribution in [0.4, 0.5) is 0 Å². The standard InChI is InChI=1S/C18H20N4O2/c1-4-19-16(23)11-22-18-17(12(2)21-22)15(9-10-20-18)13-5-7-14(24-3)8-6-13/h5-10H,4,11H2,1-3H3,(H,19,23). The summed E-state index contributed by atoms with van der Waals surface area (Å²) in [5.74, 6) is 0.742. The number of methoxy groups -OCH3 is 1. The molecule has 0 unspecified atom stereocenters. The lowest BCUT2D eigenvalue weighted by molar-refractivity contribution is -0.121. The third-order valence-corrected chi connectivity index (χ3v) is 3.88. The first kappa shape index (κ1) is 16.0. The molecule has 6 heteroatoms. The van der Waals surface area contributed by atoms with Gasteiger partial charge in [0.15, 0.2) is 5.65 Å². The molecule has 3 rings (SSSR count). The van der Waals surface area contributed by atoms with E-state index < -0.39 is 0 Å². The van der Waals surface area contributed by atoms with Crippen LogP contribution in [0, 0.1) is 6.92 Å². The molecule has 0 saturated carbocycles. The molecule has 124 valence electrons. The molecule has 1 N–H and O–H groups in total. The Labute approximate surface area is 140 Å². The summed E-state index contributed by atoms with van der Waals surface area (Å²) < 4.78 is 6.87. The fourth-order valence-electron chi connectivity index (χ4n) is 2.79. The Hall–Kier alpha value is -2.89. The van der Waals surface area contributed by atoms with Gasteiger partial charge in [-0.3, -0.25) is 4.79 Å². The second-order valence-corrected chi connectivity index (χ2v) is 5.48. The number of hydrogen-bond acceptors (Lipinski definition) is 4. The van der Waals surface area contributed by atoms with E-state index >= 15 is 0 Å². The maximum absolute atomic E-state index is 11.9. The lowest BCUT2D eigenvalue weighted by Gasteiger charge is -2.06. The van der Waals surface area contributed by atoms with Gasteiger partial charge in [-0.1, -0.05) is 12.1 Å². The number of pyridine rings is 1. The molecule has 2 heterocycles. The SMILES string of the molecule is CCNC(=O)Cn1nc(C)c2c(-c3ccc(OC)cc3)ccnc21. The van der Waals surface area contributed by atoms with Gasteiger partial charge in [0.25, 0.3) is 0 Å². The molecule has 3 aromatic rings. The smallest absolute Gasteiger partial charge is 0.241 e. The van der Waals surface area contributed by atoms with Crippen LogP contribution in [-0.4, -0.2) is 34.3 Å². The number of likely N-dealkylation sites (N-methyl/N-ethyl adjacent to an activating group) is 1. The first-order valence-corrected chi connectivity index (χ1v) is 7.87. The molecule has 0 aliphatic rings. The highest BCUT2D eigenvalue weighted by Gasteiger charge is 2.15. The molecule has 0 spiro atoms. The molecule has 0 aliphatic carbocycles. The summed E-state index contributed by atoms with van der Waals surface area (Å²) in [6, 6.07) is 9.84. The zero-order valence-corrected chi connectivity index (χ0v) is 14.0. The summed E-state index contributed by atoms with van der Waals surface area (Å²) in [4.78, 5) is 16.3. The second kappa shape index (κ2) is 6.70. The number of aromatic nitrogens is 3. The van der Waals surface area contributed by atoms with Crippen LogP contribution in [0.25, 0.3) is 22.2 Å². The number of aryl methyl sites for hydroxylation is 1. The van der Waals surface area contributed by atoms with Crippen LogP contribution in [0.1, 0.15) is 12.6 Å². The molecular formula is C18H20N4O2. The molecule has 0 fully saturated rings. The van der Waals surface area contributed by atoms with Crippen molar-refractivity contribution in [1.82, 2.24) is 20.1 Å². The average Bonchev–Trinajstić information content (AvgIpc) is 2.91. The molecule has 0 aliphatic heterocycles. The minimum absolute atomic E-state index is 0.0708. The van der Waals surface area contributed by atoms with Crippen molar-refractivity contribution in [2.45, 2.75) is 20.4 Å². The Bertz CT molecular complexity index is 869. The van der Waals surface area contributed by atoms with Gasteiger partial charge in [0.1, 0.15) is 12.3 Å². The van der Waals surface area contributed by atoms with E-state index in [-0.39, 0.29) is 12.5 Å². The molecule has 2 aromatic heterocycles. The van der Waals surface area contributed by atoms with E-state index in [0.717, 1.165) is 28.0 Å². The first-order valence-electron chi connectivity index (χ1n) is 7.87. The molecule has 1 aromatic carbocycles. The normalized spacial score (nSPS) is 10.8. The number of nitrogens with zero attached hydrogens (tertiary/aromatic N) is 3. The van der Waals surface area contributed by atoms with Crippen LogP contribution >= 0.6 is 0 Å². The van der Waals surface area contributed by atoms with Gasteiger partial charge in [-0.15, -0.1) is 0 Å². The summed E-state index contributed by atoms with van der Waals surface area (Å²) in [5.41, 5.74) is 3.67. The summed E-state index contributed by atoms with van der Waals surface area (Å²) >= 11 is 0. The van der Waals surface area contributed by atoms with E-state index in [0.29, 0.717) is 12.2 Å². The topological polar surface area (TPSA) is 69.0 Å². The van der Waals surface area contributed by atoms with E-state index in [1.807, 2.05) is 44.2 Å². The molecule has 1 amide bonds. The highest BCUT2D eigenvalue weighted by atomic mass is 16.5. The molecule has 0 bridgehead atoms. The third-order valence-electron chi connectivity index (χ3n) is 3.88. The zero-order valence-electron chi connectivity index (χ0n) is 14.0. The number of rotatable bonds is 5. The van der Waals surface area contributed by atoms with E-state index in [4.69, 9.17) is 4.74 Å². The lowest BCUT2D eigenvalue weighted by atomic mass is 10.0. The molecular weight excluding hydrogens is 304 g/mol. The van der Waals surface area contributed by atoms with Crippen molar-refractivity contribution in [1.29, 1.82) is 0 Å². The fourth-order valence-corrected chi connectivity index (χ4v) is 2.79. The average molecular weight is 324 g/mol. The predicted octanol–water partition coefficient (Wildman–Crippen LogP) is 2.55. The number of carbonyl (C=O) groups excluding carboxylic acids is 1. The van der Waals surface area contributed by atoms with Gasteiger partial charge < -0.3 is 10.1 Å². The lowest BCUT2D eigenvalue weighted by Crippen LogP contribution is -2.27. The van der Waals surface area contributed by atoms with Crippen LogP contribution in [0.3, 0.4) is 0 Å². The van der Waals surface area contributed by atoms with Crippen molar-refractivity contribution >= 4 is 16.9 Å². The van der Waals surface area contributed by atoms with Crippen LogP contribution in [0.15, 0.2) is 36.5 Å². The van der Waals surface area contributed by atoms with Gasteiger partial charge in [0, 0.05) is 18.1 Å². The third kappa shape index (κ3) is 2.95. The Morgan fingerprint density at radius 3 is 2.67 bits per heavy atom. The van der Waals surface area contributed by atoms with Crippen molar-refractivity contribution in [2.24, 2.45) is 0 Å². The zero-order chi connectivity index (χ0) is 17.1. The van der Waals surface area contributed by atoms with Gasteiger partial charge in [0.05, 0.1) is 12.8 Å². The maximum Gasteiger partial charge on any atom is 0.241 e. The number of nitrogens with one attached hydrogen (secondary N) is 1. The quantitative estimate of drug-likeness (QED) is 0.783. The molecule has 6 nitrogen and oxygen atoms in total. The van der Waals surface area contributed by atoms with E-state index in [1.54, 1.807) is 18.0 Å². The van der Waals surface area contributed by atoms with Gasteiger partial charge >= 0.3 is 0 Å². The molecule has 0 saturated heterocycles. The predicted molar refractivity (Wildman–Crippen MR) is 92.9 cm³/mol. The number of ether oxygens (including phenoxy) is 1. The van der Waals surface area contributed by atoms with Crippen molar-refractivity contribution in [3.63, 3.8) is 0 Å². The number of hydrogen-bond donors (Lipinski definition) is 1. The monoisotopic (exact) mass is 324 g/mol. The Morgan fingerprint density at radius 2 is 2.00 bits per heavy atom. The van der Waals surface area contributed by atoms with Gasteiger partial charge in [-0.25, -0.2) is 9.67 Å². The van der Waals surface area contributed by atoms with Gasteiger partial charge in [0.2, 0.25) is 5.91 Å². The minimum atomic E-state index is -0.0708. The largest absolute Gasteiger partial charge is 0.497 e. The Morgan fingerprint density at radius 1 is 1.25 bits per heavy atom. The fraction of sp³-hybridized carbons (Fsp3) is 0.278. The number of benzene rings is 1. The van der Waals surface area contributed by atoms with Crippen LogP contribution in [-0.2, 0) is 11.3 Å². The Balaban J connectivity index is 2.06. The summed E-state index contributed by atoms with van der Waals surface area (Å²) in [5, 5.41) is 8.25. The van der Waals surface area contributed by atoms with E-state index in [9.17, 15) is 4.79 Å². The number of amides is 1. The van der Waals surface area contributed by atoms with Crippen molar-refractivity contribution in [3.05, 3.63) is 42.2 Å². The maximum atomic E-state index is 11.9. The summed E-state index contributed by atoms with van der Waals surface area (Å²) in [6.45, 7) is 4.59. The first-order chi connectivity index (χ1) is 11.6. The molecule has 24 heavy (non-hydrogen) atoms. The summed E-state index contributed by atoms with van der Waals surface area (Å²) in [6.07, 6.45) is 1.75. The van der Waals surface area contributed by atoms with Crippen molar-refractivity contribution in [3.8, 4) is 16.9 Å². The van der Waals surface area contributed by atoms with Crippen LogP contribution in [0.2, 0.25) is 0 Å². The Kier molecular flexibility index (Phi) is 4.46. The van der Waals surface area contributed by atoms with Gasteiger partial charge in [-0.05, 0) is 43.2 Å². The summed E-state index contributed by atoms with van der Waals surface area (Å²) in [7, 11) is 1.65. The second-order valence-electron chi connectivity index (χ2n) is 5.48. The highest BCUT2D eigenvalue weighted by molar-refractivity contribution is 5.95. The minimum Gasteiger partial charge on any atom is -0.497 e. The van der Waals surface area contributed by atoms with Crippen molar-refractivity contribution in [2.75, 3.05) is 13.7 Å².